The number of esters is 1. The maximum Gasteiger partial charge on any atom is 0.334 e. The monoisotopic (exact) mass is 292 g/mol. The van der Waals surface area contributed by atoms with Gasteiger partial charge in [-0.3, -0.25) is 19.8 Å². The Balaban J connectivity index is 2.34. The molecule has 0 spiro atoms. The molecule has 2 rings (SSSR count). The van der Waals surface area contributed by atoms with Crippen molar-refractivity contribution in [2.45, 2.75) is 18.9 Å². The third-order valence-electron chi connectivity index (χ3n) is 3.84. The number of ketones is 1. The number of nitro groups is 1. The number of morpholine rings is 1. The summed E-state index contributed by atoms with van der Waals surface area (Å²) in [6.07, 6.45) is 0.135. The SMILES string of the molecule is CC(=O)C1(Cc2ccc([N+](=O)[O-])cc2)C(=O)OCCN1C. The van der Waals surface area contributed by atoms with Crippen molar-refractivity contribution in [3.63, 3.8) is 0 Å². The molecular formula is C14H16N2O5. The number of nitrogens with zero attached hydrogens (tertiary/aromatic N) is 2. The van der Waals surface area contributed by atoms with E-state index in [1.807, 2.05) is 0 Å². The first-order valence-electron chi connectivity index (χ1n) is 6.51. The summed E-state index contributed by atoms with van der Waals surface area (Å²) in [6, 6.07) is 5.83. The first-order chi connectivity index (χ1) is 9.87. The Bertz CT molecular complexity index is 584. The topological polar surface area (TPSA) is 89.8 Å². The van der Waals surface area contributed by atoms with Crippen molar-refractivity contribution in [1.29, 1.82) is 0 Å². The largest absolute Gasteiger partial charge is 0.463 e. The van der Waals surface area contributed by atoms with E-state index < -0.39 is 16.4 Å². The lowest BCUT2D eigenvalue weighted by Crippen LogP contribution is -2.63. The number of carbonyl (C=O) groups excluding carboxylic acids is 2. The van der Waals surface area contributed by atoms with Gasteiger partial charge in [0.05, 0.1) is 4.92 Å². The van der Waals surface area contributed by atoms with Gasteiger partial charge >= 0.3 is 5.97 Å². The van der Waals surface area contributed by atoms with E-state index in [9.17, 15) is 19.7 Å². The standard InChI is InChI=1S/C14H16N2O5/c1-10(17)14(13(18)21-8-7-15(14)2)9-11-3-5-12(6-4-11)16(19)20/h3-6H,7-9H2,1-2H3. The van der Waals surface area contributed by atoms with Crippen LogP contribution in [-0.2, 0) is 20.7 Å². The van der Waals surface area contributed by atoms with Gasteiger partial charge in [-0.2, -0.15) is 0 Å². The number of hydrogen-bond donors (Lipinski definition) is 0. The number of nitro benzene ring substituents is 1. The summed E-state index contributed by atoms with van der Waals surface area (Å²) in [5, 5.41) is 10.6. The molecule has 1 heterocycles. The summed E-state index contributed by atoms with van der Waals surface area (Å²) >= 11 is 0. The molecule has 0 bridgehead atoms. The fraction of sp³-hybridized carbons (Fsp3) is 0.429. The minimum Gasteiger partial charge on any atom is -0.463 e. The highest BCUT2D eigenvalue weighted by Crippen LogP contribution is 2.27. The van der Waals surface area contributed by atoms with Gasteiger partial charge in [-0.1, -0.05) is 12.1 Å². The van der Waals surface area contributed by atoms with E-state index in [0.717, 1.165) is 0 Å². The molecular weight excluding hydrogens is 276 g/mol. The second kappa shape index (κ2) is 5.61. The molecule has 0 aliphatic carbocycles. The normalized spacial score (nSPS) is 22.7. The number of rotatable bonds is 4. The van der Waals surface area contributed by atoms with Crippen molar-refractivity contribution < 1.29 is 19.2 Å². The number of cyclic esters (lactones) is 1. The molecule has 0 saturated carbocycles. The van der Waals surface area contributed by atoms with Crippen LogP contribution in [0.15, 0.2) is 24.3 Å². The molecule has 0 N–H and O–H groups in total. The lowest BCUT2D eigenvalue weighted by molar-refractivity contribution is -0.384. The number of likely N-dealkylation sites (N-methyl/N-ethyl adjacent to an activating group) is 1. The first kappa shape index (κ1) is 15.1. The van der Waals surface area contributed by atoms with Crippen LogP contribution in [0.25, 0.3) is 0 Å². The van der Waals surface area contributed by atoms with Gasteiger partial charge in [0, 0.05) is 25.1 Å². The van der Waals surface area contributed by atoms with E-state index in [4.69, 9.17) is 4.74 Å². The molecule has 0 amide bonds. The molecule has 1 unspecified atom stereocenters. The zero-order valence-electron chi connectivity index (χ0n) is 11.9. The highest BCUT2D eigenvalue weighted by Gasteiger charge is 2.50. The predicted octanol–water partition coefficient (Wildman–Crippen LogP) is 0.954. The fourth-order valence-corrected chi connectivity index (χ4v) is 2.52. The second-order valence-corrected chi connectivity index (χ2v) is 5.07. The number of carbonyl (C=O) groups is 2. The lowest BCUT2D eigenvalue weighted by atomic mass is 9.84. The van der Waals surface area contributed by atoms with Crippen LogP contribution in [0.3, 0.4) is 0 Å². The van der Waals surface area contributed by atoms with Crippen molar-refractivity contribution in [1.82, 2.24) is 4.90 Å². The van der Waals surface area contributed by atoms with Gasteiger partial charge in [0.2, 0.25) is 0 Å². The van der Waals surface area contributed by atoms with Crippen LogP contribution in [0.2, 0.25) is 0 Å². The molecule has 7 nitrogen and oxygen atoms in total. The van der Waals surface area contributed by atoms with Crippen molar-refractivity contribution in [3.05, 3.63) is 39.9 Å². The molecule has 1 aliphatic heterocycles. The van der Waals surface area contributed by atoms with Gasteiger partial charge in [0.25, 0.3) is 5.69 Å². The molecule has 1 aliphatic rings. The molecule has 112 valence electrons. The maximum absolute atomic E-state index is 12.2. The van der Waals surface area contributed by atoms with Gasteiger partial charge in [0.15, 0.2) is 11.3 Å². The predicted molar refractivity (Wildman–Crippen MR) is 73.8 cm³/mol. The minimum absolute atomic E-state index is 0.0322. The maximum atomic E-state index is 12.2. The number of hydrogen-bond acceptors (Lipinski definition) is 6. The number of benzene rings is 1. The van der Waals surface area contributed by atoms with Crippen LogP contribution in [0.1, 0.15) is 12.5 Å². The van der Waals surface area contributed by atoms with E-state index >= 15 is 0 Å². The van der Waals surface area contributed by atoms with Crippen LogP contribution >= 0.6 is 0 Å². The summed E-state index contributed by atoms with van der Waals surface area (Å²) in [4.78, 5) is 36.1. The zero-order chi connectivity index (χ0) is 15.6. The van der Waals surface area contributed by atoms with Crippen molar-refractivity contribution in [2.24, 2.45) is 0 Å². The van der Waals surface area contributed by atoms with E-state index in [1.54, 1.807) is 24.1 Å². The number of Topliss-reactive ketones (excluding diaryl/α,β-unsaturated/α-hetero) is 1. The minimum atomic E-state index is -1.35. The fourth-order valence-electron chi connectivity index (χ4n) is 2.52. The third-order valence-corrected chi connectivity index (χ3v) is 3.84. The Morgan fingerprint density at radius 3 is 2.52 bits per heavy atom. The summed E-state index contributed by atoms with van der Waals surface area (Å²) in [5.41, 5.74) is -0.717. The van der Waals surface area contributed by atoms with Crippen LogP contribution < -0.4 is 0 Å². The smallest absolute Gasteiger partial charge is 0.334 e. The van der Waals surface area contributed by atoms with Crippen LogP contribution in [0, 0.1) is 10.1 Å². The number of non-ortho nitro benzene ring substituents is 1. The van der Waals surface area contributed by atoms with Crippen molar-refractivity contribution >= 4 is 17.4 Å². The summed E-state index contributed by atoms with van der Waals surface area (Å²) < 4.78 is 5.05. The van der Waals surface area contributed by atoms with E-state index in [-0.39, 0.29) is 24.5 Å². The molecule has 0 aromatic heterocycles. The molecule has 1 atom stereocenters. The van der Waals surface area contributed by atoms with Gasteiger partial charge in [-0.15, -0.1) is 0 Å². The van der Waals surface area contributed by atoms with Crippen LogP contribution in [-0.4, -0.2) is 47.3 Å². The molecule has 1 saturated heterocycles. The Hall–Kier alpha value is -2.28. The summed E-state index contributed by atoms with van der Waals surface area (Å²) in [6.45, 7) is 2.08. The number of ether oxygens (including phenoxy) is 1. The Morgan fingerprint density at radius 1 is 1.43 bits per heavy atom. The van der Waals surface area contributed by atoms with Gasteiger partial charge in [-0.05, 0) is 19.5 Å². The molecule has 1 fully saturated rings. The van der Waals surface area contributed by atoms with Crippen molar-refractivity contribution in [2.75, 3.05) is 20.2 Å². The third kappa shape index (κ3) is 2.64. The van der Waals surface area contributed by atoms with Gasteiger partial charge in [-0.25, -0.2) is 4.79 Å². The Morgan fingerprint density at radius 2 is 2.05 bits per heavy atom. The van der Waals surface area contributed by atoms with E-state index in [1.165, 1.54) is 19.1 Å². The molecule has 21 heavy (non-hydrogen) atoms. The zero-order valence-corrected chi connectivity index (χ0v) is 11.9. The second-order valence-electron chi connectivity index (χ2n) is 5.07. The first-order valence-corrected chi connectivity index (χ1v) is 6.51. The van der Waals surface area contributed by atoms with Gasteiger partial charge in [0.1, 0.15) is 6.61 Å². The average Bonchev–Trinajstić information content (AvgIpc) is 2.43. The lowest BCUT2D eigenvalue weighted by Gasteiger charge is -2.41. The quantitative estimate of drug-likeness (QED) is 0.355. The Kier molecular flexibility index (Phi) is 4.04. The molecule has 1 aromatic rings. The average molecular weight is 292 g/mol. The highest BCUT2D eigenvalue weighted by atomic mass is 16.6. The van der Waals surface area contributed by atoms with Gasteiger partial charge < -0.3 is 4.74 Å². The van der Waals surface area contributed by atoms with E-state index in [0.29, 0.717) is 12.1 Å². The van der Waals surface area contributed by atoms with E-state index in [2.05, 4.69) is 0 Å². The summed E-state index contributed by atoms with van der Waals surface area (Å²) in [5.74, 6) is -0.866. The molecule has 7 heteroatoms. The highest BCUT2D eigenvalue weighted by molar-refractivity contribution is 6.08. The molecule has 0 radical (unpaired) electrons. The van der Waals surface area contributed by atoms with Crippen LogP contribution in [0.4, 0.5) is 5.69 Å². The van der Waals surface area contributed by atoms with Crippen molar-refractivity contribution in [3.8, 4) is 0 Å². The van der Waals surface area contributed by atoms with Crippen LogP contribution in [0.5, 0.6) is 0 Å². The Labute approximate surface area is 121 Å². The molecule has 1 aromatic carbocycles. The summed E-state index contributed by atoms with van der Waals surface area (Å²) in [7, 11) is 1.70.